The van der Waals surface area contributed by atoms with Crippen molar-refractivity contribution < 1.29 is 27.7 Å². The molecule has 1 aliphatic rings. The summed E-state index contributed by atoms with van der Waals surface area (Å²) in [6.45, 7) is 0.689. The number of allylic oxidation sites excluding steroid dienone is 2. The van der Waals surface area contributed by atoms with Crippen LogP contribution in [0.1, 0.15) is 67.4 Å². The fourth-order valence-electron chi connectivity index (χ4n) is 2.97. The molecule has 0 aromatic heterocycles. The molecule has 0 aromatic rings. The lowest BCUT2D eigenvalue weighted by Gasteiger charge is -2.20. The van der Waals surface area contributed by atoms with E-state index in [0.29, 0.717) is 6.42 Å². The third-order valence-corrected chi connectivity index (χ3v) is 4.08. The van der Waals surface area contributed by atoms with Crippen molar-refractivity contribution in [1.29, 1.82) is 0 Å². The maximum absolute atomic E-state index is 12.3. The highest BCUT2D eigenvalue weighted by Gasteiger charge is 2.35. The average molecular weight is 329 g/mol. The molecule has 1 saturated carbocycles. The number of hydrogen-bond acceptors (Lipinski definition) is 3. The molecule has 23 heavy (non-hydrogen) atoms. The van der Waals surface area contributed by atoms with Crippen LogP contribution in [0.5, 0.6) is 0 Å². The topological polar surface area (TPSA) is 83.5 Å². The van der Waals surface area contributed by atoms with Gasteiger partial charge in [-0.25, -0.2) is 4.79 Å². The number of carboxylic acids is 1. The SMILES string of the molecule is [2H]/C(=C/C[C@@H]1C(=O)CC[C@H]1CC(=O)N[C@H](CC(C)C)C(=O)O)C([2H])([2H])C([2H])([2H])[2H]. The Morgan fingerprint density at radius 2 is 2.30 bits per heavy atom. The minimum absolute atomic E-state index is 0.0282. The molecule has 0 heterocycles. The van der Waals surface area contributed by atoms with Crippen molar-refractivity contribution in [3.05, 3.63) is 12.1 Å². The molecule has 1 fully saturated rings. The van der Waals surface area contributed by atoms with Crippen molar-refractivity contribution in [3.63, 3.8) is 0 Å². The summed E-state index contributed by atoms with van der Waals surface area (Å²) in [6, 6.07) is -1.73. The predicted molar refractivity (Wildman–Crippen MR) is 88.9 cm³/mol. The van der Waals surface area contributed by atoms with Gasteiger partial charge in [0.1, 0.15) is 11.8 Å². The molecule has 0 bridgehead atoms. The molecule has 0 aliphatic heterocycles. The van der Waals surface area contributed by atoms with Crippen LogP contribution in [0.2, 0.25) is 0 Å². The van der Waals surface area contributed by atoms with Crippen LogP contribution < -0.4 is 5.32 Å². The van der Waals surface area contributed by atoms with Gasteiger partial charge in [0.2, 0.25) is 5.91 Å². The van der Waals surface area contributed by atoms with Crippen molar-refractivity contribution >= 4 is 17.7 Å². The molecule has 1 amide bonds. The summed E-state index contributed by atoms with van der Waals surface area (Å²) in [5, 5.41) is 11.7. The average Bonchev–Trinajstić information content (AvgIpc) is 2.90. The maximum atomic E-state index is 12.3. The van der Waals surface area contributed by atoms with Crippen molar-refractivity contribution in [3.8, 4) is 0 Å². The Labute approximate surface area is 147 Å². The first kappa shape index (κ1) is 11.8. The summed E-state index contributed by atoms with van der Waals surface area (Å²) in [5.74, 6) is -2.64. The molecule has 1 aliphatic carbocycles. The second-order valence-electron chi connectivity index (χ2n) is 6.37. The highest BCUT2D eigenvalue weighted by molar-refractivity contribution is 5.87. The minimum atomic E-state index is -3.00. The van der Waals surface area contributed by atoms with Crippen molar-refractivity contribution in [2.75, 3.05) is 0 Å². The van der Waals surface area contributed by atoms with E-state index in [1.807, 2.05) is 13.8 Å². The van der Waals surface area contributed by atoms with E-state index in [4.69, 9.17) is 8.22 Å². The van der Waals surface area contributed by atoms with E-state index in [-0.39, 0.29) is 43.3 Å². The number of rotatable bonds is 9. The van der Waals surface area contributed by atoms with Crippen LogP contribution in [-0.2, 0) is 14.4 Å². The van der Waals surface area contributed by atoms with Crippen LogP contribution in [0, 0.1) is 17.8 Å². The van der Waals surface area contributed by atoms with Gasteiger partial charge in [0.05, 0.1) is 1.37 Å². The van der Waals surface area contributed by atoms with Crippen LogP contribution in [0.15, 0.2) is 12.1 Å². The first-order chi connectivity index (χ1) is 13.2. The van der Waals surface area contributed by atoms with Crippen LogP contribution in [-0.4, -0.2) is 28.8 Å². The largest absolute Gasteiger partial charge is 0.480 e. The van der Waals surface area contributed by atoms with Gasteiger partial charge in [-0.1, -0.05) is 32.8 Å². The zero-order valence-corrected chi connectivity index (χ0v) is 13.6. The molecular weight excluding hydrogens is 294 g/mol. The Kier molecular flexibility index (Phi) is 4.87. The monoisotopic (exact) mass is 329 g/mol. The van der Waals surface area contributed by atoms with Gasteiger partial charge in [0, 0.05) is 25.6 Å². The summed E-state index contributed by atoms with van der Waals surface area (Å²) >= 11 is 0. The third-order valence-electron chi connectivity index (χ3n) is 4.08. The predicted octanol–water partition coefficient (Wildman–Crippen LogP) is 2.94. The molecule has 5 nitrogen and oxygen atoms in total. The summed E-state index contributed by atoms with van der Waals surface area (Å²) in [7, 11) is 0. The van der Waals surface area contributed by atoms with Crippen molar-refractivity contribution in [1.82, 2.24) is 5.32 Å². The lowest BCUT2D eigenvalue weighted by Crippen LogP contribution is -2.42. The molecular formula is C18H29NO4. The van der Waals surface area contributed by atoms with Crippen molar-refractivity contribution in [2.45, 2.75) is 65.2 Å². The van der Waals surface area contributed by atoms with Crippen LogP contribution in [0.4, 0.5) is 0 Å². The van der Waals surface area contributed by atoms with Crippen molar-refractivity contribution in [2.24, 2.45) is 17.8 Å². The highest BCUT2D eigenvalue weighted by Crippen LogP contribution is 2.34. The molecule has 2 N–H and O–H groups in total. The van der Waals surface area contributed by atoms with Gasteiger partial charge in [-0.2, -0.15) is 0 Å². The van der Waals surface area contributed by atoms with E-state index in [1.54, 1.807) is 0 Å². The Balaban J connectivity index is 2.80. The molecule has 1 rings (SSSR count). The lowest BCUT2D eigenvalue weighted by atomic mass is 9.89. The molecule has 3 atom stereocenters. The summed E-state index contributed by atoms with van der Waals surface area (Å²) in [5.41, 5.74) is 0. The number of aliphatic carboxylic acids is 1. The van der Waals surface area contributed by atoms with Crippen LogP contribution in [0.25, 0.3) is 0 Å². The lowest BCUT2D eigenvalue weighted by molar-refractivity contribution is -0.142. The summed E-state index contributed by atoms with van der Waals surface area (Å²) in [6.07, 6.45) is -0.845. The molecule has 0 saturated heterocycles. The van der Waals surface area contributed by atoms with E-state index in [0.717, 1.165) is 6.08 Å². The first-order valence-electron chi connectivity index (χ1n) is 10.9. The van der Waals surface area contributed by atoms with Gasteiger partial charge >= 0.3 is 5.97 Å². The first-order valence-corrected chi connectivity index (χ1v) is 7.89. The van der Waals surface area contributed by atoms with Gasteiger partial charge in [-0.15, -0.1) is 0 Å². The van der Waals surface area contributed by atoms with Crippen LogP contribution in [0.3, 0.4) is 0 Å². The molecule has 130 valence electrons. The molecule has 5 heteroatoms. The second-order valence-corrected chi connectivity index (χ2v) is 6.37. The number of Topliss-reactive ketones (excluding diaryl/α,β-unsaturated/α-hetero) is 1. The maximum Gasteiger partial charge on any atom is 0.326 e. The zero-order valence-electron chi connectivity index (χ0n) is 19.6. The number of hydrogen-bond donors (Lipinski definition) is 2. The number of nitrogens with one attached hydrogen (secondary N) is 1. The zero-order chi connectivity index (χ0) is 22.6. The number of carbonyl (C=O) groups excluding carboxylic acids is 2. The fourth-order valence-corrected chi connectivity index (χ4v) is 2.97. The normalized spacial score (nSPS) is 28.1. The Morgan fingerprint density at radius 3 is 2.91 bits per heavy atom. The smallest absolute Gasteiger partial charge is 0.326 e. The number of amides is 1. The Hall–Kier alpha value is -1.65. The molecule has 0 unspecified atom stereocenters. The van der Waals surface area contributed by atoms with Gasteiger partial charge in [-0.3, -0.25) is 9.59 Å². The number of carboxylic acid groups (broad SMARTS) is 1. The van der Waals surface area contributed by atoms with E-state index in [9.17, 15) is 19.5 Å². The number of ketones is 1. The Bertz CT molecular complexity index is 659. The quantitative estimate of drug-likeness (QED) is 0.637. The van der Waals surface area contributed by atoms with E-state index < -0.39 is 43.1 Å². The molecule has 0 radical (unpaired) electrons. The number of carbonyl (C=O) groups is 3. The summed E-state index contributed by atoms with van der Waals surface area (Å²) in [4.78, 5) is 35.8. The second kappa shape index (κ2) is 9.48. The molecule has 0 aromatic carbocycles. The Morgan fingerprint density at radius 1 is 1.57 bits per heavy atom. The van der Waals surface area contributed by atoms with E-state index in [2.05, 4.69) is 5.32 Å². The highest BCUT2D eigenvalue weighted by atomic mass is 16.4. The van der Waals surface area contributed by atoms with E-state index in [1.165, 1.54) is 0 Å². The van der Waals surface area contributed by atoms with E-state index >= 15 is 0 Å². The van der Waals surface area contributed by atoms with Crippen LogP contribution >= 0.6 is 0 Å². The van der Waals surface area contributed by atoms with Gasteiger partial charge in [0.15, 0.2) is 0 Å². The van der Waals surface area contributed by atoms with Gasteiger partial charge in [0.25, 0.3) is 0 Å². The third kappa shape index (κ3) is 6.55. The van der Waals surface area contributed by atoms with Gasteiger partial charge < -0.3 is 10.4 Å². The van der Waals surface area contributed by atoms with Gasteiger partial charge in [-0.05, 0) is 37.5 Å². The molecule has 0 spiro atoms. The standard InChI is InChI=1S/C18H29NO4/c1-4-5-6-7-14-13(8-9-16(14)20)11-17(21)19-15(18(22)23)10-12(2)3/h5-6,12-15H,4,7-11H2,1-3H3,(H,19,21)(H,22,23)/b6-5-/t13-,14-,15+/m0/s1/i1D3,4D2,5D. The minimum Gasteiger partial charge on any atom is -0.480 e. The summed E-state index contributed by atoms with van der Waals surface area (Å²) < 4.78 is 44.5. The fraction of sp³-hybridized carbons (Fsp3) is 0.722.